The summed E-state index contributed by atoms with van der Waals surface area (Å²) >= 11 is 0. The first-order valence-electron chi connectivity index (χ1n) is 6.49. The molecule has 0 aliphatic rings. The van der Waals surface area contributed by atoms with Crippen molar-refractivity contribution >= 4 is 27.3 Å². The molecule has 0 aliphatic carbocycles. The quantitative estimate of drug-likeness (QED) is 0.321. The van der Waals surface area contributed by atoms with Gasteiger partial charge in [0.25, 0.3) is 5.56 Å². The largest absolute Gasteiger partial charge is 1.00 e. The van der Waals surface area contributed by atoms with Crippen LogP contribution in [0.3, 0.4) is 0 Å². The lowest BCUT2D eigenvalue weighted by Gasteiger charge is -1.99. The molecule has 0 aliphatic heterocycles. The molecule has 0 saturated heterocycles. The second-order valence-electron chi connectivity index (χ2n) is 4.77. The highest BCUT2D eigenvalue weighted by atomic mass is 127. The summed E-state index contributed by atoms with van der Waals surface area (Å²) < 4.78 is 3.99. The lowest BCUT2D eigenvalue weighted by molar-refractivity contribution is -0.667. The number of nitrogens with zero attached hydrogens (tertiary/aromatic N) is 2. The van der Waals surface area contributed by atoms with Crippen LogP contribution in [0.15, 0.2) is 53.5 Å². The monoisotopic (exact) mass is 376 g/mol. The SMILES string of the molecule is CC[n+]1ccc2c3ccccc3n3c(=O)ccc1c23.[I-]. The number of benzene rings is 1. The van der Waals surface area contributed by atoms with Crippen molar-refractivity contribution in [2.75, 3.05) is 0 Å². The van der Waals surface area contributed by atoms with E-state index >= 15 is 0 Å². The number of halogens is 1. The van der Waals surface area contributed by atoms with Crippen LogP contribution in [0, 0.1) is 0 Å². The summed E-state index contributed by atoms with van der Waals surface area (Å²) in [5, 5.41) is 2.28. The van der Waals surface area contributed by atoms with Gasteiger partial charge in [0.05, 0.1) is 5.52 Å². The predicted octanol–water partition coefficient (Wildman–Crippen LogP) is -0.645. The van der Waals surface area contributed by atoms with Crippen molar-refractivity contribution in [3.05, 3.63) is 59.0 Å². The standard InChI is InChI=1S/C16H13N2O.HI/c1-2-17-10-9-12-11-5-3-4-6-13(11)18-15(19)8-7-14(17)16(12)18;/h3-10H,2H2,1H3;1H/q+1;/p-1. The van der Waals surface area contributed by atoms with E-state index in [1.54, 1.807) is 6.07 Å². The fraction of sp³-hybridized carbons (Fsp3) is 0.125. The molecule has 4 aromatic rings. The molecule has 20 heavy (non-hydrogen) atoms. The van der Waals surface area contributed by atoms with Crippen LogP contribution in [0.25, 0.3) is 27.3 Å². The Hall–Kier alpha value is -1.69. The van der Waals surface area contributed by atoms with Crippen molar-refractivity contribution in [1.82, 2.24) is 4.40 Å². The van der Waals surface area contributed by atoms with Gasteiger partial charge >= 0.3 is 0 Å². The molecule has 0 N–H and O–H groups in total. The van der Waals surface area contributed by atoms with E-state index in [9.17, 15) is 4.79 Å². The molecule has 0 spiro atoms. The van der Waals surface area contributed by atoms with Gasteiger partial charge in [0.2, 0.25) is 5.52 Å². The maximum absolute atomic E-state index is 12.2. The third kappa shape index (κ3) is 1.57. The first-order chi connectivity index (χ1) is 9.31. The highest BCUT2D eigenvalue weighted by molar-refractivity contribution is 6.11. The lowest BCUT2D eigenvalue weighted by atomic mass is 10.2. The Morgan fingerprint density at radius 1 is 1.05 bits per heavy atom. The Labute approximate surface area is 132 Å². The van der Waals surface area contributed by atoms with Gasteiger partial charge in [-0.1, -0.05) is 18.2 Å². The van der Waals surface area contributed by atoms with Crippen LogP contribution in [-0.4, -0.2) is 4.40 Å². The van der Waals surface area contributed by atoms with Crippen molar-refractivity contribution in [2.45, 2.75) is 13.5 Å². The van der Waals surface area contributed by atoms with Gasteiger partial charge in [-0.25, -0.2) is 0 Å². The fourth-order valence-electron chi connectivity index (χ4n) is 2.97. The average molecular weight is 376 g/mol. The molecule has 0 amide bonds. The van der Waals surface area contributed by atoms with Crippen LogP contribution >= 0.6 is 0 Å². The normalized spacial score (nSPS) is 11.2. The Morgan fingerprint density at radius 2 is 1.85 bits per heavy atom. The first kappa shape index (κ1) is 13.3. The lowest BCUT2D eigenvalue weighted by Crippen LogP contribution is -3.00. The summed E-state index contributed by atoms with van der Waals surface area (Å²) in [6.45, 7) is 3.00. The zero-order chi connectivity index (χ0) is 13.0. The van der Waals surface area contributed by atoms with Crippen LogP contribution in [0.1, 0.15) is 6.92 Å². The highest BCUT2D eigenvalue weighted by Gasteiger charge is 2.18. The Bertz CT molecular complexity index is 975. The molecule has 0 fully saturated rings. The van der Waals surface area contributed by atoms with Crippen molar-refractivity contribution < 1.29 is 28.5 Å². The Morgan fingerprint density at radius 3 is 2.65 bits per heavy atom. The van der Waals surface area contributed by atoms with Gasteiger partial charge in [-0.3, -0.25) is 9.20 Å². The molecule has 3 nitrogen and oxygen atoms in total. The molecule has 0 unspecified atom stereocenters. The molecule has 100 valence electrons. The molecule has 1 aromatic carbocycles. The molecular formula is C16H13IN2O. The summed E-state index contributed by atoms with van der Waals surface area (Å²) in [5.74, 6) is 0. The van der Waals surface area contributed by atoms with Crippen LogP contribution in [0.2, 0.25) is 0 Å². The third-order valence-electron chi connectivity index (χ3n) is 3.83. The molecule has 3 heterocycles. The van der Waals surface area contributed by atoms with Gasteiger partial charge < -0.3 is 24.0 Å². The molecule has 0 bridgehead atoms. The van der Waals surface area contributed by atoms with Crippen molar-refractivity contribution in [3.8, 4) is 0 Å². The number of pyridine rings is 2. The Kier molecular flexibility index (Phi) is 3.12. The van der Waals surface area contributed by atoms with E-state index in [2.05, 4.69) is 29.8 Å². The highest BCUT2D eigenvalue weighted by Crippen LogP contribution is 2.28. The summed E-state index contributed by atoms with van der Waals surface area (Å²) in [6, 6.07) is 13.8. The molecular weight excluding hydrogens is 363 g/mol. The minimum Gasteiger partial charge on any atom is -1.00 e. The molecule has 0 radical (unpaired) electrons. The van der Waals surface area contributed by atoms with E-state index in [1.807, 2.05) is 28.7 Å². The molecule has 4 rings (SSSR count). The summed E-state index contributed by atoms with van der Waals surface area (Å²) in [4.78, 5) is 12.2. The number of fused-ring (bicyclic) bond motifs is 3. The zero-order valence-corrected chi connectivity index (χ0v) is 13.2. The predicted molar refractivity (Wildman–Crippen MR) is 75.7 cm³/mol. The van der Waals surface area contributed by atoms with E-state index in [4.69, 9.17) is 0 Å². The van der Waals surface area contributed by atoms with Crippen LogP contribution in [0.5, 0.6) is 0 Å². The second kappa shape index (κ2) is 4.70. The maximum Gasteiger partial charge on any atom is 0.256 e. The summed E-state index contributed by atoms with van der Waals surface area (Å²) in [6.07, 6.45) is 2.09. The summed E-state index contributed by atoms with van der Waals surface area (Å²) in [7, 11) is 0. The number of aromatic nitrogens is 2. The number of aryl methyl sites for hydroxylation is 1. The summed E-state index contributed by atoms with van der Waals surface area (Å²) in [5.41, 5.74) is 3.16. The van der Waals surface area contributed by atoms with E-state index in [1.165, 1.54) is 0 Å². The van der Waals surface area contributed by atoms with Crippen LogP contribution in [0.4, 0.5) is 0 Å². The van der Waals surface area contributed by atoms with E-state index < -0.39 is 0 Å². The van der Waals surface area contributed by atoms with Crippen LogP contribution in [-0.2, 0) is 6.54 Å². The molecule has 3 aromatic heterocycles. The van der Waals surface area contributed by atoms with Crippen molar-refractivity contribution in [3.63, 3.8) is 0 Å². The Balaban J connectivity index is 0.00000121. The molecule has 0 atom stereocenters. The number of para-hydroxylation sites is 1. The number of hydrogen-bond donors (Lipinski definition) is 0. The van der Waals surface area contributed by atoms with Gasteiger partial charge in [-0.05, 0) is 13.0 Å². The minimum absolute atomic E-state index is 0. The topological polar surface area (TPSA) is 25.4 Å². The van der Waals surface area contributed by atoms with Gasteiger partial charge in [0, 0.05) is 29.0 Å². The smallest absolute Gasteiger partial charge is 0.256 e. The fourth-order valence-corrected chi connectivity index (χ4v) is 2.97. The van der Waals surface area contributed by atoms with E-state index in [0.29, 0.717) is 0 Å². The minimum atomic E-state index is 0. The van der Waals surface area contributed by atoms with Gasteiger partial charge in [-0.15, -0.1) is 0 Å². The number of rotatable bonds is 1. The molecule has 0 saturated carbocycles. The van der Waals surface area contributed by atoms with E-state index in [0.717, 1.165) is 33.9 Å². The van der Waals surface area contributed by atoms with Crippen molar-refractivity contribution in [2.24, 2.45) is 0 Å². The number of hydrogen-bond acceptors (Lipinski definition) is 1. The maximum atomic E-state index is 12.2. The first-order valence-corrected chi connectivity index (χ1v) is 6.49. The molecule has 4 heteroatoms. The zero-order valence-electron chi connectivity index (χ0n) is 11.0. The van der Waals surface area contributed by atoms with E-state index in [-0.39, 0.29) is 29.5 Å². The average Bonchev–Trinajstić information content (AvgIpc) is 2.79. The van der Waals surface area contributed by atoms with Gasteiger partial charge in [0.1, 0.15) is 12.1 Å². The second-order valence-corrected chi connectivity index (χ2v) is 4.77. The van der Waals surface area contributed by atoms with Gasteiger partial charge in [0.15, 0.2) is 6.20 Å². The van der Waals surface area contributed by atoms with Crippen LogP contribution < -0.4 is 34.1 Å². The van der Waals surface area contributed by atoms with Gasteiger partial charge in [-0.2, -0.15) is 4.57 Å². The van der Waals surface area contributed by atoms with Crippen molar-refractivity contribution in [1.29, 1.82) is 0 Å². The third-order valence-corrected chi connectivity index (χ3v) is 3.83.